The quantitative estimate of drug-likeness (QED) is 0.251. The lowest BCUT2D eigenvalue weighted by molar-refractivity contribution is -0.387. The second-order valence-electron chi connectivity index (χ2n) is 5.28. The highest BCUT2D eigenvalue weighted by molar-refractivity contribution is 5.91. The topological polar surface area (TPSA) is 122 Å². The maximum Gasteiger partial charge on any atom is 0.344 e. The Bertz CT molecular complexity index is 968. The first kappa shape index (κ1) is 24.3. The first-order chi connectivity index (χ1) is 14.1. The Morgan fingerprint density at radius 2 is 1.33 bits per heavy atom. The third-order valence-electron chi connectivity index (χ3n) is 3.35. The molecular weight excluding hydrogens is 416 g/mol. The highest BCUT2D eigenvalue weighted by atomic mass is 19.1. The van der Waals surface area contributed by atoms with Gasteiger partial charge in [0.05, 0.1) is 23.8 Å². The van der Waals surface area contributed by atoms with Crippen molar-refractivity contribution in [3.63, 3.8) is 0 Å². The summed E-state index contributed by atoms with van der Waals surface area (Å²) in [4.78, 5) is 31.5. The normalized spacial score (nSPS) is 9.93. The molecule has 0 aliphatic carbocycles. The van der Waals surface area contributed by atoms with Crippen LogP contribution < -0.4 is 5.73 Å². The number of nitrogens with two attached hydrogens (primary N) is 1. The fourth-order valence-electron chi connectivity index (χ4n) is 2.03. The molecule has 0 aliphatic rings. The number of esters is 2. The summed E-state index contributed by atoms with van der Waals surface area (Å²) in [6.45, 7) is 2.96. The van der Waals surface area contributed by atoms with Gasteiger partial charge in [-0.1, -0.05) is 0 Å². The number of benzene rings is 2. The van der Waals surface area contributed by atoms with Gasteiger partial charge in [0.2, 0.25) is 5.82 Å². The molecule has 0 heterocycles. The first-order valence-electron chi connectivity index (χ1n) is 8.26. The van der Waals surface area contributed by atoms with E-state index < -0.39 is 56.9 Å². The summed E-state index contributed by atoms with van der Waals surface area (Å²) in [6, 6.07) is 3.26. The van der Waals surface area contributed by atoms with Crippen LogP contribution in [0.5, 0.6) is 0 Å². The number of halogens is 4. The third kappa shape index (κ3) is 5.65. The second kappa shape index (κ2) is 10.7. The molecule has 12 heteroatoms. The number of nitro groups is 1. The zero-order valence-corrected chi connectivity index (χ0v) is 15.7. The average Bonchev–Trinajstić information content (AvgIpc) is 2.66. The molecule has 0 saturated carbocycles. The van der Waals surface area contributed by atoms with Crippen LogP contribution in [0.1, 0.15) is 34.6 Å². The highest BCUT2D eigenvalue weighted by Crippen LogP contribution is 2.23. The Kier molecular flexibility index (Phi) is 8.71. The van der Waals surface area contributed by atoms with Gasteiger partial charge in [0, 0.05) is 6.07 Å². The van der Waals surface area contributed by atoms with Crippen molar-refractivity contribution in [3.05, 3.63) is 68.8 Å². The molecule has 2 rings (SSSR count). The van der Waals surface area contributed by atoms with Crippen molar-refractivity contribution in [1.29, 1.82) is 0 Å². The van der Waals surface area contributed by atoms with Crippen LogP contribution in [0, 0.1) is 33.4 Å². The molecule has 2 aromatic rings. The van der Waals surface area contributed by atoms with E-state index in [0.717, 1.165) is 12.1 Å². The minimum absolute atomic E-state index is 0.0481. The van der Waals surface area contributed by atoms with Crippen LogP contribution in [-0.2, 0) is 9.47 Å². The van der Waals surface area contributed by atoms with E-state index in [4.69, 9.17) is 5.73 Å². The van der Waals surface area contributed by atoms with E-state index in [-0.39, 0.29) is 18.9 Å². The van der Waals surface area contributed by atoms with Crippen LogP contribution in [0.25, 0.3) is 0 Å². The predicted octanol–water partition coefficient (Wildman–Crippen LogP) is 3.77. The molecule has 0 atom stereocenters. The van der Waals surface area contributed by atoms with Gasteiger partial charge in [0.25, 0.3) is 0 Å². The van der Waals surface area contributed by atoms with Crippen LogP contribution >= 0.6 is 0 Å². The van der Waals surface area contributed by atoms with Crippen LogP contribution in [0.2, 0.25) is 0 Å². The van der Waals surface area contributed by atoms with Gasteiger partial charge < -0.3 is 15.2 Å². The molecule has 0 spiro atoms. The number of hydrogen-bond acceptors (Lipinski definition) is 7. The second-order valence-corrected chi connectivity index (χ2v) is 5.28. The SMILES string of the molecule is CCOC(=O)c1c(F)ccc(N)c1F.CCOC(=O)c1c(F)ccc([N+](=O)[O-])c1F. The molecule has 0 aliphatic heterocycles. The molecule has 2 aromatic carbocycles. The zero-order chi connectivity index (χ0) is 23.0. The summed E-state index contributed by atoms with van der Waals surface area (Å²) in [5.74, 6) is -7.08. The van der Waals surface area contributed by atoms with Crippen molar-refractivity contribution in [1.82, 2.24) is 0 Å². The molecule has 0 radical (unpaired) electrons. The molecule has 0 unspecified atom stereocenters. The standard InChI is InChI=1S/C9H7F2NO4.C9H9F2NO2/c1-2-16-9(13)7-5(10)3-4-6(8(7)11)12(14)15;1-2-14-9(13)7-5(10)3-4-6(12)8(7)11/h3-4H,2H2,1H3;3-4H,2,12H2,1H3. The van der Waals surface area contributed by atoms with Crippen molar-refractivity contribution in [3.8, 4) is 0 Å². The van der Waals surface area contributed by atoms with Crippen molar-refractivity contribution < 1.29 is 41.5 Å². The number of nitrogens with zero attached hydrogens (tertiary/aromatic N) is 1. The number of nitro benzene ring substituents is 1. The van der Waals surface area contributed by atoms with E-state index in [1.165, 1.54) is 6.92 Å². The molecule has 0 fully saturated rings. The van der Waals surface area contributed by atoms with E-state index in [0.29, 0.717) is 12.1 Å². The molecule has 30 heavy (non-hydrogen) atoms. The van der Waals surface area contributed by atoms with Gasteiger partial charge in [-0.15, -0.1) is 0 Å². The van der Waals surface area contributed by atoms with Crippen LogP contribution in [0.3, 0.4) is 0 Å². The van der Waals surface area contributed by atoms with Crippen LogP contribution in [-0.4, -0.2) is 30.1 Å². The molecule has 162 valence electrons. The lowest BCUT2D eigenvalue weighted by Crippen LogP contribution is -2.11. The Hall–Kier alpha value is -3.70. The molecular formula is C18H16F4N2O6. The Balaban J connectivity index is 0.000000303. The van der Waals surface area contributed by atoms with E-state index in [2.05, 4.69) is 9.47 Å². The summed E-state index contributed by atoms with van der Waals surface area (Å²) in [7, 11) is 0. The number of carbonyl (C=O) groups is 2. The van der Waals surface area contributed by atoms with Crippen molar-refractivity contribution >= 4 is 23.3 Å². The molecule has 0 bridgehead atoms. The number of anilines is 1. The molecule has 2 N–H and O–H groups in total. The van der Waals surface area contributed by atoms with Crippen LogP contribution in [0.15, 0.2) is 24.3 Å². The van der Waals surface area contributed by atoms with E-state index >= 15 is 0 Å². The number of nitrogen functional groups attached to an aromatic ring is 1. The molecule has 0 aromatic heterocycles. The fourth-order valence-corrected chi connectivity index (χ4v) is 2.03. The maximum atomic E-state index is 13.4. The minimum atomic E-state index is -1.52. The van der Waals surface area contributed by atoms with Gasteiger partial charge in [-0.05, 0) is 32.0 Å². The molecule has 0 amide bonds. The maximum absolute atomic E-state index is 13.4. The van der Waals surface area contributed by atoms with Crippen molar-refractivity contribution in [2.75, 3.05) is 18.9 Å². The van der Waals surface area contributed by atoms with Crippen LogP contribution in [0.4, 0.5) is 28.9 Å². The van der Waals surface area contributed by atoms with Crippen molar-refractivity contribution in [2.24, 2.45) is 0 Å². The largest absolute Gasteiger partial charge is 0.462 e. The fraction of sp³-hybridized carbons (Fsp3) is 0.222. The monoisotopic (exact) mass is 432 g/mol. The van der Waals surface area contributed by atoms with E-state index in [1.807, 2.05) is 0 Å². The first-order valence-corrected chi connectivity index (χ1v) is 8.26. The lowest BCUT2D eigenvalue weighted by Gasteiger charge is -2.05. The molecule has 0 saturated heterocycles. The summed E-state index contributed by atoms with van der Waals surface area (Å²) in [5.41, 5.74) is 2.13. The number of carbonyl (C=O) groups excluding carboxylic acids is 2. The van der Waals surface area contributed by atoms with Gasteiger partial charge in [-0.25, -0.2) is 22.8 Å². The number of rotatable bonds is 5. The third-order valence-corrected chi connectivity index (χ3v) is 3.35. The molecule has 8 nitrogen and oxygen atoms in total. The van der Waals surface area contributed by atoms with Gasteiger partial charge in [-0.3, -0.25) is 10.1 Å². The minimum Gasteiger partial charge on any atom is -0.462 e. The predicted molar refractivity (Wildman–Crippen MR) is 95.7 cm³/mol. The summed E-state index contributed by atoms with van der Waals surface area (Å²) in [5, 5.41) is 10.4. The van der Waals surface area contributed by atoms with Gasteiger partial charge in [0.1, 0.15) is 22.8 Å². The number of hydrogen-bond donors (Lipinski definition) is 1. The summed E-state index contributed by atoms with van der Waals surface area (Å²) >= 11 is 0. The highest BCUT2D eigenvalue weighted by Gasteiger charge is 2.27. The van der Waals surface area contributed by atoms with Gasteiger partial charge in [0.15, 0.2) is 5.82 Å². The Morgan fingerprint density at radius 3 is 1.77 bits per heavy atom. The Labute approximate surface area is 167 Å². The smallest absolute Gasteiger partial charge is 0.344 e. The number of ether oxygens (including phenoxy) is 2. The van der Waals surface area contributed by atoms with Crippen molar-refractivity contribution in [2.45, 2.75) is 13.8 Å². The Morgan fingerprint density at radius 1 is 0.900 bits per heavy atom. The summed E-state index contributed by atoms with van der Waals surface area (Å²) < 4.78 is 61.5. The van der Waals surface area contributed by atoms with Gasteiger partial charge >= 0.3 is 17.6 Å². The van der Waals surface area contributed by atoms with Gasteiger partial charge in [-0.2, -0.15) is 4.39 Å². The van der Waals surface area contributed by atoms with E-state index in [1.54, 1.807) is 6.92 Å². The zero-order valence-electron chi connectivity index (χ0n) is 15.7. The lowest BCUT2D eigenvalue weighted by atomic mass is 10.1. The summed E-state index contributed by atoms with van der Waals surface area (Å²) in [6.07, 6.45) is 0. The average molecular weight is 432 g/mol. The van der Waals surface area contributed by atoms with E-state index in [9.17, 15) is 37.3 Å².